The number of hydrogen-bond acceptors (Lipinski definition) is 3. The van der Waals surface area contributed by atoms with Crippen LogP contribution in [0.15, 0.2) is 18.2 Å². The summed E-state index contributed by atoms with van der Waals surface area (Å²) in [5.41, 5.74) is -0.515. The SMILES string of the molecule is CCCC(C#N)(CCC)C(=O)Nc1cc(Cl)ccc1OC. The average Bonchev–Trinajstić information content (AvgIpc) is 2.47. The number of amides is 1. The van der Waals surface area contributed by atoms with Crippen molar-refractivity contribution in [2.24, 2.45) is 5.41 Å². The Hall–Kier alpha value is -1.73. The highest BCUT2D eigenvalue weighted by atomic mass is 35.5. The quantitative estimate of drug-likeness (QED) is 0.812. The summed E-state index contributed by atoms with van der Waals surface area (Å²) < 4.78 is 5.21. The molecule has 0 bridgehead atoms. The van der Waals surface area contributed by atoms with Crippen molar-refractivity contribution in [3.05, 3.63) is 23.2 Å². The molecule has 5 heteroatoms. The fourth-order valence-corrected chi connectivity index (χ4v) is 2.56. The van der Waals surface area contributed by atoms with E-state index in [2.05, 4.69) is 11.4 Å². The Labute approximate surface area is 131 Å². The topological polar surface area (TPSA) is 62.1 Å². The molecule has 1 aromatic rings. The van der Waals surface area contributed by atoms with Gasteiger partial charge in [0, 0.05) is 5.02 Å². The second-order valence-electron chi connectivity index (χ2n) is 4.99. The number of carbonyl (C=O) groups is 1. The summed E-state index contributed by atoms with van der Waals surface area (Å²) in [6, 6.07) is 7.20. The zero-order chi connectivity index (χ0) is 15.9. The summed E-state index contributed by atoms with van der Waals surface area (Å²) in [4.78, 5) is 12.6. The molecule has 1 amide bonds. The molecule has 1 N–H and O–H groups in total. The van der Waals surface area contributed by atoms with Crippen molar-refractivity contribution >= 4 is 23.2 Å². The van der Waals surface area contributed by atoms with Crippen molar-refractivity contribution in [3.8, 4) is 11.8 Å². The van der Waals surface area contributed by atoms with E-state index in [0.29, 0.717) is 29.3 Å². The lowest BCUT2D eigenvalue weighted by molar-refractivity contribution is -0.123. The Morgan fingerprint density at radius 2 is 2.00 bits per heavy atom. The van der Waals surface area contributed by atoms with Crippen LogP contribution in [-0.4, -0.2) is 13.0 Å². The molecule has 0 aliphatic rings. The van der Waals surface area contributed by atoms with Crippen molar-refractivity contribution in [2.75, 3.05) is 12.4 Å². The molecular weight excluding hydrogens is 288 g/mol. The van der Waals surface area contributed by atoms with Crippen LogP contribution in [0.5, 0.6) is 5.75 Å². The van der Waals surface area contributed by atoms with Gasteiger partial charge in [0.1, 0.15) is 11.2 Å². The molecule has 21 heavy (non-hydrogen) atoms. The molecule has 0 saturated heterocycles. The summed E-state index contributed by atoms with van der Waals surface area (Å²) >= 11 is 5.96. The van der Waals surface area contributed by atoms with Crippen LogP contribution in [0.25, 0.3) is 0 Å². The standard InChI is InChI=1S/C16H21ClN2O2/c1-4-8-16(11-18,9-5-2)15(20)19-13-10-12(17)6-7-14(13)21-3/h6-7,10H,4-5,8-9H2,1-3H3,(H,19,20). The third-order valence-corrected chi connectivity index (χ3v) is 3.65. The van der Waals surface area contributed by atoms with Gasteiger partial charge in [0.15, 0.2) is 0 Å². The van der Waals surface area contributed by atoms with Gasteiger partial charge in [-0.2, -0.15) is 5.26 Å². The number of hydrogen-bond donors (Lipinski definition) is 1. The van der Waals surface area contributed by atoms with E-state index in [1.807, 2.05) is 13.8 Å². The monoisotopic (exact) mass is 308 g/mol. The van der Waals surface area contributed by atoms with Crippen LogP contribution in [-0.2, 0) is 4.79 Å². The number of ether oxygens (including phenoxy) is 1. The predicted molar refractivity (Wildman–Crippen MR) is 84.5 cm³/mol. The van der Waals surface area contributed by atoms with Gasteiger partial charge in [-0.3, -0.25) is 4.79 Å². The summed E-state index contributed by atoms with van der Waals surface area (Å²) in [7, 11) is 1.52. The van der Waals surface area contributed by atoms with Gasteiger partial charge in [0.05, 0.1) is 18.9 Å². The van der Waals surface area contributed by atoms with Crippen LogP contribution < -0.4 is 10.1 Å². The number of methoxy groups -OCH3 is 1. The molecule has 0 radical (unpaired) electrons. The highest BCUT2D eigenvalue weighted by Gasteiger charge is 2.37. The van der Waals surface area contributed by atoms with Gasteiger partial charge >= 0.3 is 0 Å². The molecule has 0 saturated carbocycles. The van der Waals surface area contributed by atoms with E-state index in [9.17, 15) is 10.1 Å². The Morgan fingerprint density at radius 3 is 2.48 bits per heavy atom. The minimum Gasteiger partial charge on any atom is -0.495 e. The lowest BCUT2D eigenvalue weighted by atomic mass is 9.79. The maximum atomic E-state index is 12.6. The van der Waals surface area contributed by atoms with Crippen LogP contribution in [0.2, 0.25) is 5.02 Å². The van der Waals surface area contributed by atoms with Crippen molar-refractivity contribution in [1.29, 1.82) is 5.26 Å². The normalized spacial score (nSPS) is 10.8. The highest BCUT2D eigenvalue weighted by Crippen LogP contribution is 2.34. The predicted octanol–water partition coefficient (Wildman–Crippen LogP) is 4.40. The molecule has 0 unspecified atom stereocenters. The molecule has 0 aromatic heterocycles. The van der Waals surface area contributed by atoms with Gasteiger partial charge in [0.2, 0.25) is 5.91 Å². The van der Waals surface area contributed by atoms with E-state index in [1.54, 1.807) is 18.2 Å². The molecule has 0 aliphatic carbocycles. The highest BCUT2D eigenvalue weighted by molar-refractivity contribution is 6.31. The second kappa shape index (κ2) is 7.90. The summed E-state index contributed by atoms with van der Waals surface area (Å²) in [5.74, 6) is 0.224. The zero-order valence-electron chi connectivity index (χ0n) is 12.7. The lowest BCUT2D eigenvalue weighted by Crippen LogP contribution is -2.35. The van der Waals surface area contributed by atoms with Crippen LogP contribution in [0.1, 0.15) is 39.5 Å². The van der Waals surface area contributed by atoms with Gasteiger partial charge in [-0.25, -0.2) is 0 Å². The largest absolute Gasteiger partial charge is 0.495 e. The maximum Gasteiger partial charge on any atom is 0.244 e. The molecule has 0 fully saturated rings. The van der Waals surface area contributed by atoms with E-state index >= 15 is 0 Å². The molecule has 1 aromatic carbocycles. The van der Waals surface area contributed by atoms with Gasteiger partial charge in [-0.15, -0.1) is 0 Å². The van der Waals surface area contributed by atoms with E-state index in [4.69, 9.17) is 16.3 Å². The van der Waals surface area contributed by atoms with Crippen molar-refractivity contribution in [3.63, 3.8) is 0 Å². The molecule has 0 spiro atoms. The Morgan fingerprint density at radius 1 is 1.38 bits per heavy atom. The Balaban J connectivity index is 3.07. The van der Waals surface area contributed by atoms with E-state index in [-0.39, 0.29) is 5.91 Å². The van der Waals surface area contributed by atoms with E-state index in [0.717, 1.165) is 12.8 Å². The average molecular weight is 309 g/mol. The Kier molecular flexibility index (Phi) is 6.51. The van der Waals surface area contributed by atoms with Gasteiger partial charge in [-0.1, -0.05) is 38.3 Å². The van der Waals surface area contributed by atoms with Crippen LogP contribution in [0, 0.1) is 16.7 Å². The number of nitrogens with zero attached hydrogens (tertiary/aromatic N) is 1. The summed E-state index contributed by atoms with van der Waals surface area (Å²) in [5, 5.41) is 12.8. The number of anilines is 1. The molecule has 4 nitrogen and oxygen atoms in total. The fourth-order valence-electron chi connectivity index (χ4n) is 2.39. The summed E-state index contributed by atoms with van der Waals surface area (Å²) in [6.45, 7) is 3.93. The van der Waals surface area contributed by atoms with Crippen molar-refractivity contribution < 1.29 is 9.53 Å². The molecular formula is C16H21ClN2O2. The summed E-state index contributed by atoms with van der Waals surface area (Å²) in [6.07, 6.45) is 2.61. The molecule has 0 aliphatic heterocycles. The number of benzene rings is 1. The van der Waals surface area contributed by atoms with E-state index < -0.39 is 5.41 Å². The number of rotatable bonds is 7. The van der Waals surface area contributed by atoms with Crippen LogP contribution in [0.4, 0.5) is 5.69 Å². The van der Waals surface area contributed by atoms with Crippen molar-refractivity contribution in [1.82, 2.24) is 0 Å². The third-order valence-electron chi connectivity index (χ3n) is 3.41. The molecule has 114 valence electrons. The number of nitrogens with one attached hydrogen (secondary N) is 1. The van der Waals surface area contributed by atoms with Crippen LogP contribution in [0.3, 0.4) is 0 Å². The van der Waals surface area contributed by atoms with Gasteiger partial charge < -0.3 is 10.1 Å². The molecule has 1 rings (SSSR count). The first kappa shape index (κ1) is 17.3. The Bertz CT molecular complexity index is 532. The third kappa shape index (κ3) is 4.12. The smallest absolute Gasteiger partial charge is 0.244 e. The minimum absolute atomic E-state index is 0.297. The number of halogens is 1. The zero-order valence-corrected chi connectivity index (χ0v) is 13.5. The maximum absolute atomic E-state index is 12.6. The fraction of sp³-hybridized carbons (Fsp3) is 0.500. The van der Waals surface area contributed by atoms with Gasteiger partial charge in [-0.05, 0) is 31.0 Å². The van der Waals surface area contributed by atoms with Crippen LogP contribution >= 0.6 is 11.6 Å². The number of carbonyl (C=O) groups excluding carboxylic acids is 1. The minimum atomic E-state index is -1.00. The van der Waals surface area contributed by atoms with E-state index in [1.165, 1.54) is 7.11 Å². The van der Waals surface area contributed by atoms with Gasteiger partial charge in [0.25, 0.3) is 0 Å². The first-order chi connectivity index (χ1) is 10.0. The number of nitriles is 1. The first-order valence-electron chi connectivity index (χ1n) is 7.09. The molecule has 0 heterocycles. The molecule has 0 atom stereocenters. The second-order valence-corrected chi connectivity index (χ2v) is 5.43. The first-order valence-corrected chi connectivity index (χ1v) is 7.47. The van der Waals surface area contributed by atoms with Crippen molar-refractivity contribution in [2.45, 2.75) is 39.5 Å². The lowest BCUT2D eigenvalue weighted by Gasteiger charge is -2.25.